The molecular formula is C22H24F2N4O2. The van der Waals surface area contributed by atoms with Gasteiger partial charge in [0.25, 0.3) is 0 Å². The molecule has 0 radical (unpaired) electrons. The number of hydrazine groups is 1. The lowest BCUT2D eigenvalue weighted by molar-refractivity contribution is -0.129. The Bertz CT molecular complexity index is 1050. The molecule has 2 amide bonds. The number of aromatic amines is 1. The van der Waals surface area contributed by atoms with Crippen LogP contribution in [-0.4, -0.2) is 42.3 Å². The van der Waals surface area contributed by atoms with Gasteiger partial charge in [-0.3, -0.25) is 20.4 Å². The van der Waals surface area contributed by atoms with Crippen molar-refractivity contribution in [3.8, 4) is 11.3 Å². The van der Waals surface area contributed by atoms with Crippen molar-refractivity contribution in [1.82, 2.24) is 20.7 Å². The van der Waals surface area contributed by atoms with Gasteiger partial charge < -0.3 is 9.88 Å². The van der Waals surface area contributed by atoms with Crippen molar-refractivity contribution in [2.45, 2.75) is 19.3 Å². The number of nitrogens with zero attached hydrogens (tertiary/aromatic N) is 1. The molecule has 8 heteroatoms. The number of nitrogens with one attached hydrogen (secondary N) is 3. The van der Waals surface area contributed by atoms with Crippen LogP contribution in [0.25, 0.3) is 22.2 Å². The molecule has 0 aliphatic heterocycles. The highest BCUT2D eigenvalue weighted by molar-refractivity contribution is 5.91. The molecule has 0 spiro atoms. The molecule has 158 valence electrons. The largest absolute Gasteiger partial charge is 0.354 e. The lowest BCUT2D eigenvalue weighted by Gasteiger charge is -2.11. The maximum Gasteiger partial charge on any atom is 0.239 e. The third kappa shape index (κ3) is 5.42. The Balaban J connectivity index is 1.73. The second-order valence-corrected chi connectivity index (χ2v) is 7.32. The van der Waals surface area contributed by atoms with E-state index >= 15 is 0 Å². The normalized spacial score (nSPS) is 11.1. The van der Waals surface area contributed by atoms with Crippen LogP contribution in [-0.2, 0) is 16.0 Å². The summed E-state index contributed by atoms with van der Waals surface area (Å²) >= 11 is 0. The number of fused-ring (bicyclic) bond motifs is 1. The number of benzene rings is 2. The van der Waals surface area contributed by atoms with Crippen molar-refractivity contribution in [3.05, 3.63) is 59.7 Å². The molecule has 3 rings (SSSR count). The smallest absolute Gasteiger partial charge is 0.239 e. The van der Waals surface area contributed by atoms with Gasteiger partial charge in [0, 0.05) is 36.0 Å². The van der Waals surface area contributed by atoms with Crippen LogP contribution >= 0.6 is 0 Å². The monoisotopic (exact) mass is 414 g/mol. The second kappa shape index (κ2) is 9.49. The first-order chi connectivity index (χ1) is 14.3. The number of hydrogen-bond acceptors (Lipinski definition) is 3. The Morgan fingerprint density at radius 2 is 1.57 bits per heavy atom. The topological polar surface area (TPSA) is 77.2 Å². The predicted molar refractivity (Wildman–Crippen MR) is 111 cm³/mol. The van der Waals surface area contributed by atoms with Crippen molar-refractivity contribution in [2.24, 2.45) is 0 Å². The predicted octanol–water partition coefficient (Wildman–Crippen LogP) is 3.14. The van der Waals surface area contributed by atoms with Crippen molar-refractivity contribution >= 4 is 22.7 Å². The third-order valence-corrected chi connectivity index (χ3v) is 4.73. The number of rotatable bonds is 7. The van der Waals surface area contributed by atoms with E-state index in [0.717, 1.165) is 16.6 Å². The van der Waals surface area contributed by atoms with Gasteiger partial charge in [0.1, 0.15) is 11.6 Å². The van der Waals surface area contributed by atoms with Gasteiger partial charge in [0.2, 0.25) is 11.8 Å². The van der Waals surface area contributed by atoms with Crippen LogP contribution in [0.4, 0.5) is 8.78 Å². The lowest BCUT2D eigenvalue weighted by Crippen LogP contribution is -2.42. The number of halogens is 2. The van der Waals surface area contributed by atoms with Gasteiger partial charge in [0.05, 0.1) is 0 Å². The zero-order valence-electron chi connectivity index (χ0n) is 16.9. The number of amides is 2. The average Bonchev–Trinajstić information content (AvgIpc) is 3.07. The summed E-state index contributed by atoms with van der Waals surface area (Å²) in [5.41, 5.74) is 7.72. The van der Waals surface area contributed by atoms with Gasteiger partial charge in [-0.15, -0.1) is 0 Å². The van der Waals surface area contributed by atoms with E-state index in [4.69, 9.17) is 0 Å². The van der Waals surface area contributed by atoms with E-state index in [2.05, 4.69) is 15.8 Å². The summed E-state index contributed by atoms with van der Waals surface area (Å²) in [6, 6.07) is 10.4. The fraction of sp³-hybridized carbons (Fsp3) is 0.273. The molecule has 0 aliphatic carbocycles. The highest BCUT2D eigenvalue weighted by Crippen LogP contribution is 2.32. The summed E-state index contributed by atoms with van der Waals surface area (Å²) in [4.78, 5) is 29.0. The number of hydrogen-bond donors (Lipinski definition) is 3. The Kier molecular flexibility index (Phi) is 6.79. The van der Waals surface area contributed by atoms with Gasteiger partial charge in [-0.25, -0.2) is 8.78 Å². The molecule has 0 aliphatic rings. The van der Waals surface area contributed by atoms with Crippen molar-refractivity contribution in [2.75, 3.05) is 20.6 Å². The van der Waals surface area contributed by atoms with Gasteiger partial charge in [-0.2, -0.15) is 0 Å². The fourth-order valence-electron chi connectivity index (χ4n) is 3.17. The Labute approximate surface area is 173 Å². The van der Waals surface area contributed by atoms with E-state index < -0.39 is 0 Å². The Morgan fingerprint density at radius 3 is 2.23 bits per heavy atom. The average molecular weight is 414 g/mol. The highest BCUT2D eigenvalue weighted by Gasteiger charge is 2.16. The maximum atomic E-state index is 13.8. The van der Waals surface area contributed by atoms with Crippen LogP contribution in [0.2, 0.25) is 0 Å². The van der Waals surface area contributed by atoms with E-state index in [1.807, 2.05) is 19.0 Å². The Morgan fingerprint density at radius 1 is 0.933 bits per heavy atom. The molecule has 3 N–H and O–H groups in total. The third-order valence-electron chi connectivity index (χ3n) is 4.73. The van der Waals surface area contributed by atoms with Gasteiger partial charge >= 0.3 is 0 Å². The first-order valence-electron chi connectivity index (χ1n) is 9.62. The van der Waals surface area contributed by atoms with Crippen LogP contribution < -0.4 is 10.9 Å². The minimum atomic E-state index is -0.383. The molecule has 0 unspecified atom stereocenters. The van der Waals surface area contributed by atoms with Gasteiger partial charge in [-0.05, 0) is 74.1 Å². The van der Waals surface area contributed by atoms with Crippen LogP contribution in [0, 0.1) is 11.6 Å². The minimum Gasteiger partial charge on any atom is -0.354 e. The molecule has 1 aromatic heterocycles. The zero-order chi connectivity index (χ0) is 21.7. The van der Waals surface area contributed by atoms with Crippen molar-refractivity contribution in [3.63, 3.8) is 0 Å². The van der Waals surface area contributed by atoms with E-state index in [-0.39, 0.29) is 36.3 Å². The number of H-pyrrole nitrogens is 1. The fourth-order valence-corrected chi connectivity index (χ4v) is 3.17. The molecule has 2 aromatic carbocycles. The van der Waals surface area contributed by atoms with Crippen molar-refractivity contribution in [1.29, 1.82) is 0 Å². The molecule has 0 fully saturated rings. The first kappa shape index (κ1) is 21.4. The summed E-state index contributed by atoms with van der Waals surface area (Å²) in [5.74, 6) is -1.37. The van der Waals surface area contributed by atoms with Crippen LogP contribution in [0.15, 0.2) is 42.5 Å². The Hall–Kier alpha value is -3.26. The van der Waals surface area contributed by atoms with E-state index in [0.29, 0.717) is 24.0 Å². The van der Waals surface area contributed by atoms with Crippen LogP contribution in [0.1, 0.15) is 18.4 Å². The summed E-state index contributed by atoms with van der Waals surface area (Å²) in [7, 11) is 3.71. The molecule has 0 saturated carbocycles. The molecule has 0 saturated heterocycles. The minimum absolute atomic E-state index is 0.0889. The van der Waals surface area contributed by atoms with E-state index in [1.165, 1.54) is 24.3 Å². The molecule has 3 aromatic rings. The summed E-state index contributed by atoms with van der Waals surface area (Å²) < 4.78 is 27.1. The molecule has 1 heterocycles. The zero-order valence-corrected chi connectivity index (χ0v) is 16.9. The van der Waals surface area contributed by atoms with E-state index in [1.54, 1.807) is 18.2 Å². The summed E-state index contributed by atoms with van der Waals surface area (Å²) in [6.45, 7) is 0.573. The molecule has 0 bridgehead atoms. The van der Waals surface area contributed by atoms with Gasteiger partial charge in [0.15, 0.2) is 0 Å². The second-order valence-electron chi connectivity index (χ2n) is 7.32. The molecular weight excluding hydrogens is 390 g/mol. The number of aryl methyl sites for hydroxylation is 1. The highest BCUT2D eigenvalue weighted by atomic mass is 19.1. The summed E-state index contributed by atoms with van der Waals surface area (Å²) in [5, 5.41) is 0.664. The SMILES string of the molecule is CN(C)CCC(=O)NNC(=O)CCc1c(-c2ccc(F)cc2)[nH]c2ccc(F)cc12. The molecule has 6 nitrogen and oxygen atoms in total. The van der Waals surface area contributed by atoms with Crippen LogP contribution in [0.5, 0.6) is 0 Å². The molecule has 30 heavy (non-hydrogen) atoms. The van der Waals surface area contributed by atoms with Crippen molar-refractivity contribution < 1.29 is 18.4 Å². The number of carbonyl (C=O) groups excluding carboxylic acids is 2. The standard InChI is InChI=1S/C22H24F2N4O2/c1-28(2)12-11-21(30)27-26-20(29)10-8-17-18-13-16(24)7-9-19(18)25-22(17)14-3-5-15(23)6-4-14/h3-7,9,13,25H,8,10-12H2,1-2H3,(H,26,29)(H,27,30). The number of carbonyl (C=O) groups is 2. The lowest BCUT2D eigenvalue weighted by atomic mass is 10.0. The number of aromatic nitrogens is 1. The summed E-state index contributed by atoms with van der Waals surface area (Å²) in [6.07, 6.45) is 0.672. The molecule has 0 atom stereocenters. The van der Waals surface area contributed by atoms with Gasteiger partial charge in [-0.1, -0.05) is 0 Å². The maximum absolute atomic E-state index is 13.8. The quantitative estimate of drug-likeness (QED) is 0.520. The van der Waals surface area contributed by atoms with Crippen LogP contribution in [0.3, 0.4) is 0 Å². The first-order valence-corrected chi connectivity index (χ1v) is 9.62. The van der Waals surface area contributed by atoms with E-state index in [9.17, 15) is 18.4 Å².